The lowest BCUT2D eigenvalue weighted by atomic mass is 10.0. The van der Waals surface area contributed by atoms with Gasteiger partial charge >= 0.3 is 0 Å². The topological polar surface area (TPSA) is 33.1 Å². The Hall–Kier alpha value is -2.43. The summed E-state index contributed by atoms with van der Waals surface area (Å²) in [6, 6.07) is 16.0. The van der Waals surface area contributed by atoms with E-state index in [1.807, 2.05) is 47.1 Å². The monoisotopic (exact) mass is 365 g/mol. The van der Waals surface area contributed by atoms with Crippen LogP contribution in [0.3, 0.4) is 0 Å². The number of halogens is 1. The number of nitrogens with one attached hydrogen (secondary N) is 1. The van der Waals surface area contributed by atoms with Crippen LogP contribution in [0.2, 0.25) is 5.02 Å². The lowest BCUT2D eigenvalue weighted by Crippen LogP contribution is -1.95. The molecule has 3 nitrogen and oxygen atoms in total. The quantitative estimate of drug-likeness (QED) is 0.455. The average molecular weight is 366 g/mol. The molecule has 25 heavy (non-hydrogen) atoms. The van der Waals surface area contributed by atoms with Crippen molar-refractivity contribution >= 4 is 29.6 Å². The number of rotatable bonds is 3. The Morgan fingerprint density at radius 3 is 2.60 bits per heavy atom. The second kappa shape index (κ2) is 6.47. The molecule has 1 N–H and O–H groups in total. The molecule has 0 spiro atoms. The van der Waals surface area contributed by atoms with Crippen molar-refractivity contribution in [3.8, 4) is 22.4 Å². The van der Waals surface area contributed by atoms with E-state index in [4.69, 9.17) is 23.8 Å². The summed E-state index contributed by atoms with van der Waals surface area (Å²) in [6.07, 6.45) is 4.80. The molecule has 0 unspecified atom stereocenters. The molecule has 0 aliphatic rings. The molecule has 0 saturated heterocycles. The van der Waals surface area contributed by atoms with Crippen LogP contribution in [0.25, 0.3) is 28.2 Å². The van der Waals surface area contributed by atoms with Crippen molar-refractivity contribution in [2.75, 3.05) is 0 Å². The summed E-state index contributed by atoms with van der Waals surface area (Å²) in [7, 11) is 0. The summed E-state index contributed by atoms with van der Waals surface area (Å²) in [5.41, 5.74) is 5.39. The van der Waals surface area contributed by atoms with Gasteiger partial charge in [-0.2, -0.15) is 0 Å². The van der Waals surface area contributed by atoms with Crippen molar-refractivity contribution in [3.05, 3.63) is 76.2 Å². The van der Waals surface area contributed by atoms with Gasteiger partial charge in [0.05, 0.1) is 5.69 Å². The third-order valence-electron chi connectivity index (χ3n) is 4.34. The van der Waals surface area contributed by atoms with Gasteiger partial charge in [-0.1, -0.05) is 67.1 Å². The van der Waals surface area contributed by atoms with Crippen LogP contribution in [0.5, 0.6) is 0 Å². The van der Waals surface area contributed by atoms with Gasteiger partial charge in [-0.15, -0.1) is 0 Å². The minimum atomic E-state index is 0.716. The van der Waals surface area contributed by atoms with Gasteiger partial charge in [-0.05, 0) is 35.2 Å². The summed E-state index contributed by atoms with van der Waals surface area (Å²) in [5.74, 6) is 0.729. The zero-order valence-corrected chi connectivity index (χ0v) is 15.2. The Morgan fingerprint density at radius 2 is 1.84 bits per heavy atom. The molecule has 0 bridgehead atoms. The second-order valence-electron chi connectivity index (χ2n) is 5.86. The van der Waals surface area contributed by atoms with Gasteiger partial charge in [0.2, 0.25) is 5.78 Å². The van der Waals surface area contributed by atoms with Crippen LogP contribution < -0.4 is 0 Å². The molecule has 124 valence electrons. The molecule has 2 aromatic heterocycles. The number of aryl methyl sites for hydroxylation is 1. The van der Waals surface area contributed by atoms with Gasteiger partial charge in [0.1, 0.15) is 4.64 Å². The molecule has 0 aliphatic carbocycles. The van der Waals surface area contributed by atoms with E-state index in [0.717, 1.165) is 39.2 Å². The number of fused-ring (bicyclic) bond motifs is 1. The summed E-state index contributed by atoms with van der Waals surface area (Å²) in [6.45, 7) is 2.15. The number of hydrogen-bond acceptors (Lipinski definition) is 2. The minimum absolute atomic E-state index is 0.716. The maximum absolute atomic E-state index is 5.98. The van der Waals surface area contributed by atoms with E-state index < -0.39 is 0 Å². The van der Waals surface area contributed by atoms with Crippen LogP contribution in [0.1, 0.15) is 12.5 Å². The number of benzene rings is 2. The number of H-pyrrole nitrogens is 1. The summed E-state index contributed by atoms with van der Waals surface area (Å²) >= 11 is 11.7. The number of imidazole rings is 1. The summed E-state index contributed by atoms with van der Waals surface area (Å²) in [4.78, 5) is 7.89. The normalized spacial score (nSPS) is 11.1. The van der Waals surface area contributed by atoms with Gasteiger partial charge in [0.25, 0.3) is 0 Å². The third-order valence-corrected chi connectivity index (χ3v) is 5.01. The smallest absolute Gasteiger partial charge is 0.212 e. The molecule has 2 heterocycles. The fourth-order valence-electron chi connectivity index (χ4n) is 3.02. The van der Waals surface area contributed by atoms with Crippen molar-refractivity contribution in [3.63, 3.8) is 0 Å². The SMILES string of the molecule is CCc1ccccc1-c1cnc2[nH]c(-c3ccc(Cl)cc3)cn2c1=S. The van der Waals surface area contributed by atoms with Gasteiger partial charge < -0.3 is 4.98 Å². The lowest BCUT2D eigenvalue weighted by Gasteiger charge is -2.08. The summed E-state index contributed by atoms with van der Waals surface area (Å²) in [5, 5.41) is 0.716. The van der Waals surface area contributed by atoms with Crippen LogP contribution in [0.4, 0.5) is 0 Å². The zero-order chi connectivity index (χ0) is 17.4. The van der Waals surface area contributed by atoms with Gasteiger partial charge in [-0.3, -0.25) is 4.40 Å². The average Bonchev–Trinajstić information content (AvgIpc) is 3.08. The van der Waals surface area contributed by atoms with Crippen molar-refractivity contribution in [1.29, 1.82) is 0 Å². The van der Waals surface area contributed by atoms with Crippen molar-refractivity contribution < 1.29 is 0 Å². The maximum Gasteiger partial charge on any atom is 0.212 e. The maximum atomic E-state index is 5.98. The zero-order valence-electron chi connectivity index (χ0n) is 13.7. The first-order chi connectivity index (χ1) is 12.2. The van der Waals surface area contributed by atoms with E-state index >= 15 is 0 Å². The van der Waals surface area contributed by atoms with E-state index in [2.05, 4.69) is 35.1 Å². The molecule has 2 aromatic carbocycles. The highest BCUT2D eigenvalue weighted by molar-refractivity contribution is 7.71. The largest absolute Gasteiger partial charge is 0.323 e. The summed E-state index contributed by atoms with van der Waals surface area (Å²) < 4.78 is 2.68. The predicted octanol–water partition coefficient (Wildman–Crippen LogP) is 5.94. The molecule has 0 radical (unpaired) electrons. The Kier molecular flexibility index (Phi) is 4.15. The van der Waals surface area contributed by atoms with Crippen LogP contribution in [0, 0.1) is 4.64 Å². The van der Waals surface area contributed by atoms with E-state index in [-0.39, 0.29) is 0 Å². The highest BCUT2D eigenvalue weighted by Gasteiger charge is 2.10. The van der Waals surface area contributed by atoms with Crippen molar-refractivity contribution in [1.82, 2.24) is 14.4 Å². The van der Waals surface area contributed by atoms with Crippen LogP contribution in [0.15, 0.2) is 60.9 Å². The number of aromatic nitrogens is 3. The van der Waals surface area contributed by atoms with Crippen LogP contribution >= 0.6 is 23.8 Å². The molecule has 4 rings (SSSR count). The second-order valence-corrected chi connectivity index (χ2v) is 6.68. The van der Waals surface area contributed by atoms with E-state index in [9.17, 15) is 0 Å². The lowest BCUT2D eigenvalue weighted by molar-refractivity contribution is 1.08. The van der Waals surface area contributed by atoms with Gasteiger partial charge in [0, 0.05) is 23.0 Å². The Bertz CT molecular complexity index is 1110. The first kappa shape index (κ1) is 16.1. The fourth-order valence-corrected chi connectivity index (χ4v) is 3.44. The molecule has 0 amide bonds. The first-order valence-electron chi connectivity index (χ1n) is 8.12. The third kappa shape index (κ3) is 2.88. The highest BCUT2D eigenvalue weighted by Crippen LogP contribution is 2.27. The standard InChI is InChI=1S/C20H16ClN3S/c1-2-13-5-3-4-6-16(13)17-11-22-20-23-18(12-24(20)19(17)25)14-7-9-15(21)10-8-14/h3-12H,2H2,1H3,(H,22,23). The minimum Gasteiger partial charge on any atom is -0.323 e. The number of aromatic amines is 1. The Morgan fingerprint density at radius 1 is 1.08 bits per heavy atom. The van der Waals surface area contributed by atoms with Gasteiger partial charge in [-0.25, -0.2) is 4.98 Å². The predicted molar refractivity (Wildman–Crippen MR) is 106 cm³/mol. The molecule has 5 heteroatoms. The van der Waals surface area contributed by atoms with E-state index in [1.54, 1.807) is 0 Å². The Labute approximate surface area is 155 Å². The molecule has 0 atom stereocenters. The van der Waals surface area contributed by atoms with Crippen molar-refractivity contribution in [2.24, 2.45) is 0 Å². The molecular formula is C20H16ClN3S. The Balaban J connectivity index is 1.89. The van der Waals surface area contributed by atoms with E-state index in [1.165, 1.54) is 5.56 Å². The fraction of sp³-hybridized carbons (Fsp3) is 0.100. The molecular weight excluding hydrogens is 350 g/mol. The molecule has 0 saturated carbocycles. The molecule has 0 fully saturated rings. The molecule has 4 aromatic rings. The molecule has 0 aliphatic heterocycles. The van der Waals surface area contributed by atoms with Gasteiger partial charge in [0.15, 0.2) is 0 Å². The van der Waals surface area contributed by atoms with E-state index in [0.29, 0.717) is 5.02 Å². The number of nitrogens with zero attached hydrogens (tertiary/aromatic N) is 2. The van der Waals surface area contributed by atoms with Crippen LogP contribution in [-0.2, 0) is 6.42 Å². The highest BCUT2D eigenvalue weighted by atomic mass is 35.5. The first-order valence-corrected chi connectivity index (χ1v) is 8.90. The number of hydrogen-bond donors (Lipinski definition) is 1. The van der Waals surface area contributed by atoms with Crippen molar-refractivity contribution in [2.45, 2.75) is 13.3 Å². The van der Waals surface area contributed by atoms with Crippen LogP contribution in [-0.4, -0.2) is 14.4 Å².